The number of sulfone groups is 1. The average molecular weight is 614 g/mol. The van der Waals surface area contributed by atoms with Gasteiger partial charge in [0.1, 0.15) is 0 Å². The highest BCUT2D eigenvalue weighted by Crippen LogP contribution is 2.50. The van der Waals surface area contributed by atoms with Gasteiger partial charge in [0.2, 0.25) is 9.84 Å². The SMILES string of the molecule is N#CC(c1ccccc1)(C1CCN(CC2CN(c3ccc(S(=O)(=O)c4ccncc4)cc3)C2)CC1)[C@H]1CCC[C@@H]1NC(=O)O. The molecule has 6 rings (SSSR count). The van der Waals surface area contributed by atoms with E-state index in [4.69, 9.17) is 0 Å². The van der Waals surface area contributed by atoms with Crippen LogP contribution in [0.2, 0.25) is 0 Å². The van der Waals surface area contributed by atoms with E-state index >= 15 is 0 Å². The van der Waals surface area contributed by atoms with Gasteiger partial charge in [-0.15, -0.1) is 0 Å². The van der Waals surface area contributed by atoms with Gasteiger partial charge in [-0.1, -0.05) is 36.8 Å². The van der Waals surface area contributed by atoms with Crippen molar-refractivity contribution in [1.82, 2.24) is 15.2 Å². The Labute approximate surface area is 259 Å². The first kappa shape index (κ1) is 30.1. The Balaban J connectivity index is 1.06. The summed E-state index contributed by atoms with van der Waals surface area (Å²) in [6.45, 7) is 4.68. The fourth-order valence-corrected chi connectivity index (χ4v) is 9.11. The molecule has 1 unspecified atom stereocenters. The molecule has 3 aromatic rings. The normalized spacial score (nSPS) is 22.9. The van der Waals surface area contributed by atoms with E-state index in [0.29, 0.717) is 5.92 Å². The molecule has 9 nitrogen and oxygen atoms in total. The number of aromatic nitrogens is 1. The predicted octanol–water partition coefficient (Wildman–Crippen LogP) is 4.96. The number of amides is 1. The van der Waals surface area contributed by atoms with Crippen molar-refractivity contribution in [2.75, 3.05) is 37.6 Å². The second-order valence-corrected chi connectivity index (χ2v) is 14.4. The fourth-order valence-electron chi connectivity index (χ4n) is 7.86. The molecule has 0 bridgehead atoms. The van der Waals surface area contributed by atoms with E-state index in [-0.39, 0.29) is 27.7 Å². The summed E-state index contributed by atoms with van der Waals surface area (Å²) in [5.74, 6) is 0.640. The van der Waals surface area contributed by atoms with Crippen LogP contribution in [0.5, 0.6) is 0 Å². The van der Waals surface area contributed by atoms with E-state index < -0.39 is 21.3 Å². The van der Waals surface area contributed by atoms with Crippen LogP contribution in [0.1, 0.15) is 37.7 Å². The third-order valence-electron chi connectivity index (χ3n) is 10.0. The number of likely N-dealkylation sites (tertiary alicyclic amines) is 1. The molecule has 10 heteroatoms. The number of carbonyl (C=O) groups is 1. The number of anilines is 1. The molecule has 230 valence electrons. The minimum absolute atomic E-state index is 0.0474. The van der Waals surface area contributed by atoms with E-state index in [1.807, 2.05) is 30.3 Å². The Morgan fingerprint density at radius 1 is 0.955 bits per heavy atom. The number of piperidine rings is 1. The summed E-state index contributed by atoms with van der Waals surface area (Å²) in [5.41, 5.74) is 1.32. The van der Waals surface area contributed by atoms with E-state index in [0.717, 1.165) is 76.1 Å². The van der Waals surface area contributed by atoms with Gasteiger partial charge in [0.15, 0.2) is 0 Å². The highest BCUT2D eigenvalue weighted by Gasteiger charge is 2.52. The van der Waals surface area contributed by atoms with E-state index in [1.54, 1.807) is 12.1 Å². The number of rotatable bonds is 9. The fraction of sp³-hybridized carbons (Fsp3) is 0.441. The lowest BCUT2D eigenvalue weighted by Gasteiger charge is -2.48. The second kappa shape index (κ2) is 12.6. The van der Waals surface area contributed by atoms with Crippen molar-refractivity contribution >= 4 is 21.6 Å². The van der Waals surface area contributed by atoms with Crippen molar-refractivity contribution in [1.29, 1.82) is 5.26 Å². The quantitative estimate of drug-likeness (QED) is 0.347. The molecule has 0 spiro atoms. The van der Waals surface area contributed by atoms with Gasteiger partial charge in [-0.25, -0.2) is 13.2 Å². The Morgan fingerprint density at radius 3 is 2.25 bits per heavy atom. The summed E-state index contributed by atoms with van der Waals surface area (Å²) in [5, 5.41) is 23.1. The molecular formula is C34H39N5O4S. The summed E-state index contributed by atoms with van der Waals surface area (Å²) in [7, 11) is -3.56. The second-order valence-electron chi connectivity index (χ2n) is 12.5. The monoisotopic (exact) mass is 613 g/mol. The third kappa shape index (κ3) is 5.78. The van der Waals surface area contributed by atoms with Crippen LogP contribution >= 0.6 is 0 Å². The van der Waals surface area contributed by atoms with Gasteiger partial charge in [-0.3, -0.25) is 4.98 Å². The number of nitrogens with zero attached hydrogens (tertiary/aromatic N) is 4. The molecule has 2 aromatic carbocycles. The van der Waals surface area contributed by atoms with Crippen LogP contribution in [-0.2, 0) is 15.3 Å². The Hall–Kier alpha value is -3.94. The van der Waals surface area contributed by atoms with Gasteiger partial charge in [-0.2, -0.15) is 5.26 Å². The molecule has 3 fully saturated rings. The molecule has 2 aliphatic heterocycles. The Morgan fingerprint density at radius 2 is 1.61 bits per heavy atom. The number of pyridine rings is 1. The van der Waals surface area contributed by atoms with Gasteiger partial charge >= 0.3 is 6.09 Å². The van der Waals surface area contributed by atoms with Crippen molar-refractivity contribution in [2.24, 2.45) is 17.8 Å². The summed E-state index contributed by atoms with van der Waals surface area (Å²) < 4.78 is 25.8. The molecule has 2 N–H and O–H groups in total. The number of carboxylic acid groups (broad SMARTS) is 1. The van der Waals surface area contributed by atoms with Crippen LogP contribution < -0.4 is 10.2 Å². The largest absolute Gasteiger partial charge is 0.465 e. The molecule has 44 heavy (non-hydrogen) atoms. The lowest BCUT2D eigenvalue weighted by atomic mass is 9.59. The van der Waals surface area contributed by atoms with Gasteiger partial charge < -0.3 is 20.2 Å². The van der Waals surface area contributed by atoms with Gasteiger partial charge in [0.25, 0.3) is 0 Å². The zero-order chi connectivity index (χ0) is 30.7. The zero-order valence-electron chi connectivity index (χ0n) is 24.8. The van der Waals surface area contributed by atoms with Crippen molar-refractivity contribution in [3.63, 3.8) is 0 Å². The van der Waals surface area contributed by atoms with Crippen LogP contribution in [-0.4, -0.2) is 68.3 Å². The molecule has 1 aromatic heterocycles. The zero-order valence-corrected chi connectivity index (χ0v) is 25.6. The van der Waals surface area contributed by atoms with Crippen LogP contribution in [0.25, 0.3) is 0 Å². The smallest absolute Gasteiger partial charge is 0.404 e. The molecule has 2 saturated heterocycles. The van der Waals surface area contributed by atoms with Crippen LogP contribution in [0, 0.1) is 29.1 Å². The summed E-state index contributed by atoms with van der Waals surface area (Å²) in [6, 6.07) is 22.8. The number of nitriles is 1. The lowest BCUT2D eigenvalue weighted by Crippen LogP contribution is -2.55. The molecular weight excluding hydrogens is 574 g/mol. The standard InChI is InChI=1S/C34H39N5O4S/c35-24-34(26-5-2-1-3-6-26,31-7-4-8-32(31)37-33(40)41)27-15-19-38(20-16-27)21-25-22-39(23-25)28-9-11-29(12-10-28)44(42,43)30-13-17-36-18-14-30/h1-3,5-6,9-14,17-18,25,27,31-32,37H,4,7-8,15-16,19-23H2,(H,40,41)/t31-,32-,34?/m0/s1. The van der Waals surface area contributed by atoms with Crippen molar-refractivity contribution in [3.05, 3.63) is 84.7 Å². The molecule has 3 atom stereocenters. The minimum atomic E-state index is -3.56. The predicted molar refractivity (Wildman–Crippen MR) is 167 cm³/mol. The topological polar surface area (TPSA) is 127 Å². The molecule has 1 aliphatic carbocycles. The van der Waals surface area contributed by atoms with E-state index in [1.165, 1.54) is 24.5 Å². The average Bonchev–Trinajstić information content (AvgIpc) is 3.49. The number of hydrogen-bond acceptors (Lipinski definition) is 7. The van der Waals surface area contributed by atoms with Crippen LogP contribution in [0.15, 0.2) is 88.9 Å². The third-order valence-corrected chi connectivity index (χ3v) is 11.8. The molecule has 3 aliphatic rings. The molecule has 1 saturated carbocycles. The van der Waals surface area contributed by atoms with Crippen LogP contribution in [0.4, 0.5) is 10.5 Å². The summed E-state index contributed by atoms with van der Waals surface area (Å²) in [6.07, 6.45) is 6.31. The Bertz CT molecular complexity index is 1580. The van der Waals surface area contributed by atoms with E-state index in [2.05, 4.69) is 38.3 Å². The highest BCUT2D eigenvalue weighted by molar-refractivity contribution is 7.91. The Kier molecular flexibility index (Phi) is 8.61. The highest BCUT2D eigenvalue weighted by atomic mass is 32.2. The number of benzene rings is 2. The van der Waals surface area contributed by atoms with Crippen molar-refractivity contribution < 1.29 is 18.3 Å². The molecule has 0 radical (unpaired) electrons. The molecule has 3 heterocycles. The maximum Gasteiger partial charge on any atom is 0.404 e. The van der Waals surface area contributed by atoms with Gasteiger partial charge in [0.05, 0.1) is 21.3 Å². The van der Waals surface area contributed by atoms with Crippen molar-refractivity contribution in [2.45, 2.75) is 53.4 Å². The lowest BCUT2D eigenvalue weighted by molar-refractivity contribution is 0.0950. The van der Waals surface area contributed by atoms with Gasteiger partial charge in [-0.05, 0) is 86.7 Å². The first-order valence-corrected chi connectivity index (χ1v) is 17.0. The number of hydrogen-bond donors (Lipinski definition) is 2. The van der Waals surface area contributed by atoms with E-state index in [9.17, 15) is 23.6 Å². The van der Waals surface area contributed by atoms with Gasteiger partial charge in [0, 0.05) is 55.6 Å². The van der Waals surface area contributed by atoms with Crippen molar-refractivity contribution in [3.8, 4) is 6.07 Å². The summed E-state index contributed by atoms with van der Waals surface area (Å²) in [4.78, 5) is 20.8. The molecule has 1 amide bonds. The number of nitrogens with one attached hydrogen (secondary N) is 1. The first-order valence-electron chi connectivity index (χ1n) is 15.5. The maximum atomic E-state index is 12.9. The maximum absolute atomic E-state index is 12.9. The summed E-state index contributed by atoms with van der Waals surface area (Å²) >= 11 is 0. The first-order chi connectivity index (χ1) is 21.3. The van der Waals surface area contributed by atoms with Crippen LogP contribution in [0.3, 0.4) is 0 Å². The minimum Gasteiger partial charge on any atom is -0.465 e.